The predicted molar refractivity (Wildman–Crippen MR) is 67.3 cm³/mol. The summed E-state index contributed by atoms with van der Waals surface area (Å²) in [5.74, 6) is 0. The predicted octanol–water partition coefficient (Wildman–Crippen LogP) is 3.38. The van der Waals surface area contributed by atoms with Crippen molar-refractivity contribution >= 4 is 34.6 Å². The SMILES string of the molecule is C/C=C\c1[nH]c(S(C)=O)cc1/C=C(\C)Cl. The van der Waals surface area contributed by atoms with Crippen molar-refractivity contribution in [2.75, 3.05) is 6.26 Å². The summed E-state index contributed by atoms with van der Waals surface area (Å²) in [7, 11) is -0.999. The van der Waals surface area contributed by atoms with Crippen molar-refractivity contribution in [3.05, 3.63) is 28.4 Å². The topological polar surface area (TPSA) is 32.9 Å². The first-order valence-corrected chi connectivity index (χ1v) is 6.51. The van der Waals surface area contributed by atoms with Crippen molar-refractivity contribution in [2.45, 2.75) is 18.9 Å². The summed E-state index contributed by atoms with van der Waals surface area (Å²) in [6, 6.07) is 1.86. The van der Waals surface area contributed by atoms with Crippen LogP contribution in [-0.2, 0) is 10.8 Å². The smallest absolute Gasteiger partial charge is 0.104 e. The van der Waals surface area contributed by atoms with E-state index in [0.717, 1.165) is 11.3 Å². The third-order valence-corrected chi connectivity index (χ3v) is 2.80. The average molecular weight is 244 g/mol. The maximum Gasteiger partial charge on any atom is 0.104 e. The molecule has 15 heavy (non-hydrogen) atoms. The summed E-state index contributed by atoms with van der Waals surface area (Å²) in [5.41, 5.74) is 1.90. The van der Waals surface area contributed by atoms with E-state index in [1.54, 1.807) is 6.26 Å². The van der Waals surface area contributed by atoms with E-state index in [0.29, 0.717) is 10.1 Å². The molecule has 1 heterocycles. The number of allylic oxidation sites excluding steroid dienone is 2. The second-order valence-corrected chi connectivity index (χ2v) is 5.13. The zero-order chi connectivity index (χ0) is 11.4. The number of H-pyrrole nitrogens is 1. The summed E-state index contributed by atoms with van der Waals surface area (Å²) >= 11 is 5.82. The zero-order valence-electron chi connectivity index (χ0n) is 9.00. The molecular formula is C11H14ClNOS. The Balaban J connectivity index is 3.23. The number of nitrogens with one attached hydrogen (secondary N) is 1. The number of aromatic nitrogens is 1. The van der Waals surface area contributed by atoms with Crippen molar-refractivity contribution < 1.29 is 4.21 Å². The van der Waals surface area contributed by atoms with Gasteiger partial charge in [-0.2, -0.15) is 0 Å². The van der Waals surface area contributed by atoms with Gasteiger partial charge in [-0.05, 0) is 32.1 Å². The molecule has 82 valence electrons. The Morgan fingerprint density at radius 2 is 2.27 bits per heavy atom. The monoisotopic (exact) mass is 243 g/mol. The molecule has 0 aliphatic carbocycles. The Morgan fingerprint density at radius 3 is 2.73 bits per heavy atom. The van der Waals surface area contributed by atoms with Gasteiger partial charge in [0.25, 0.3) is 0 Å². The van der Waals surface area contributed by atoms with Gasteiger partial charge >= 0.3 is 0 Å². The van der Waals surface area contributed by atoms with Crippen LogP contribution < -0.4 is 0 Å². The normalized spacial score (nSPS) is 14.8. The molecule has 1 atom stereocenters. The molecule has 0 amide bonds. The lowest BCUT2D eigenvalue weighted by Gasteiger charge is -1.91. The van der Waals surface area contributed by atoms with E-state index < -0.39 is 10.8 Å². The molecule has 4 heteroatoms. The number of rotatable bonds is 3. The first-order chi connectivity index (χ1) is 7.04. The van der Waals surface area contributed by atoms with Crippen LogP contribution in [0.3, 0.4) is 0 Å². The van der Waals surface area contributed by atoms with Gasteiger partial charge in [0, 0.05) is 22.5 Å². The molecule has 1 rings (SSSR count). The third-order valence-electron chi connectivity index (χ3n) is 1.85. The highest BCUT2D eigenvalue weighted by Crippen LogP contribution is 2.19. The molecule has 0 radical (unpaired) electrons. The van der Waals surface area contributed by atoms with Gasteiger partial charge in [0.2, 0.25) is 0 Å². The minimum atomic E-state index is -0.999. The molecule has 0 aliphatic heterocycles. The molecule has 2 nitrogen and oxygen atoms in total. The highest BCUT2D eigenvalue weighted by Gasteiger charge is 2.06. The lowest BCUT2D eigenvalue weighted by Crippen LogP contribution is -1.85. The Labute approximate surface area is 97.5 Å². The molecule has 0 bridgehead atoms. The van der Waals surface area contributed by atoms with Gasteiger partial charge in [-0.25, -0.2) is 0 Å². The summed E-state index contributed by atoms with van der Waals surface area (Å²) in [5, 5.41) is 1.42. The second kappa shape index (κ2) is 5.33. The first-order valence-electron chi connectivity index (χ1n) is 4.57. The Morgan fingerprint density at radius 1 is 1.60 bits per heavy atom. The molecule has 0 saturated heterocycles. The lowest BCUT2D eigenvalue weighted by atomic mass is 10.2. The average Bonchev–Trinajstić information content (AvgIpc) is 2.48. The molecule has 1 aromatic heterocycles. The van der Waals surface area contributed by atoms with Crippen LogP contribution in [0.15, 0.2) is 22.2 Å². The van der Waals surface area contributed by atoms with Crippen molar-refractivity contribution in [1.29, 1.82) is 0 Å². The van der Waals surface area contributed by atoms with E-state index in [2.05, 4.69) is 4.98 Å². The lowest BCUT2D eigenvalue weighted by molar-refractivity contribution is 0.684. The fourth-order valence-corrected chi connectivity index (χ4v) is 1.92. The number of halogens is 1. The second-order valence-electron chi connectivity index (χ2n) is 3.19. The largest absolute Gasteiger partial charge is 0.348 e. The van der Waals surface area contributed by atoms with Crippen molar-refractivity contribution in [2.24, 2.45) is 0 Å². The van der Waals surface area contributed by atoms with Gasteiger partial charge in [-0.15, -0.1) is 0 Å². The number of hydrogen-bond acceptors (Lipinski definition) is 1. The standard InChI is InChI=1S/C11H14ClNOS/c1-4-5-10-9(6-8(2)12)7-11(13-10)15(3)14/h4-7,13H,1-3H3/b5-4-,8-6+. The van der Waals surface area contributed by atoms with E-state index >= 15 is 0 Å². The maximum atomic E-state index is 11.3. The minimum absolute atomic E-state index is 0.702. The van der Waals surface area contributed by atoms with Crippen LogP contribution >= 0.6 is 11.6 Å². The summed E-state index contributed by atoms with van der Waals surface area (Å²) in [6.45, 7) is 3.75. The maximum absolute atomic E-state index is 11.3. The molecule has 1 unspecified atom stereocenters. The highest BCUT2D eigenvalue weighted by molar-refractivity contribution is 7.84. The van der Waals surface area contributed by atoms with Crippen LogP contribution in [0, 0.1) is 0 Å². The Bertz CT molecular complexity index is 428. The van der Waals surface area contributed by atoms with Gasteiger partial charge < -0.3 is 4.98 Å². The van der Waals surface area contributed by atoms with Crippen LogP contribution in [0.2, 0.25) is 0 Å². The van der Waals surface area contributed by atoms with Crippen LogP contribution in [0.5, 0.6) is 0 Å². The van der Waals surface area contributed by atoms with Gasteiger partial charge in [0.05, 0.1) is 10.8 Å². The van der Waals surface area contributed by atoms with Crippen LogP contribution in [0.25, 0.3) is 12.2 Å². The third kappa shape index (κ3) is 3.36. The quantitative estimate of drug-likeness (QED) is 0.867. The van der Waals surface area contributed by atoms with E-state index in [4.69, 9.17) is 11.6 Å². The van der Waals surface area contributed by atoms with E-state index in [-0.39, 0.29) is 0 Å². The first kappa shape index (κ1) is 12.3. The Kier molecular flexibility index (Phi) is 4.36. The summed E-state index contributed by atoms with van der Waals surface area (Å²) in [6.07, 6.45) is 7.35. The fourth-order valence-electron chi connectivity index (χ4n) is 1.25. The van der Waals surface area contributed by atoms with Crippen LogP contribution in [0.1, 0.15) is 25.1 Å². The fraction of sp³-hybridized carbons (Fsp3) is 0.273. The van der Waals surface area contributed by atoms with Gasteiger partial charge in [-0.3, -0.25) is 4.21 Å². The van der Waals surface area contributed by atoms with Crippen LogP contribution in [-0.4, -0.2) is 15.4 Å². The van der Waals surface area contributed by atoms with Crippen LogP contribution in [0.4, 0.5) is 0 Å². The molecule has 0 spiro atoms. The van der Waals surface area contributed by atoms with Gasteiger partial charge in [-0.1, -0.05) is 17.7 Å². The van der Waals surface area contributed by atoms with Gasteiger partial charge in [0.15, 0.2) is 0 Å². The van der Waals surface area contributed by atoms with E-state index in [9.17, 15) is 4.21 Å². The molecule has 0 aromatic carbocycles. The molecule has 1 N–H and O–H groups in total. The van der Waals surface area contributed by atoms with Gasteiger partial charge in [0.1, 0.15) is 5.03 Å². The number of aromatic amines is 1. The molecular weight excluding hydrogens is 230 g/mol. The van der Waals surface area contributed by atoms with E-state index in [1.807, 2.05) is 38.1 Å². The highest BCUT2D eigenvalue weighted by atomic mass is 35.5. The number of hydrogen-bond donors (Lipinski definition) is 1. The molecule has 0 saturated carbocycles. The zero-order valence-corrected chi connectivity index (χ0v) is 10.6. The summed E-state index contributed by atoms with van der Waals surface area (Å²) < 4.78 is 11.3. The van der Waals surface area contributed by atoms with Crippen molar-refractivity contribution in [3.63, 3.8) is 0 Å². The molecule has 1 aromatic rings. The summed E-state index contributed by atoms with van der Waals surface area (Å²) in [4.78, 5) is 3.10. The molecule has 0 fully saturated rings. The Hall–Kier alpha value is -0.800. The van der Waals surface area contributed by atoms with E-state index in [1.165, 1.54) is 0 Å². The van der Waals surface area contributed by atoms with Crippen molar-refractivity contribution in [1.82, 2.24) is 4.98 Å². The molecule has 0 aliphatic rings. The van der Waals surface area contributed by atoms with Crippen molar-refractivity contribution in [3.8, 4) is 0 Å². The minimum Gasteiger partial charge on any atom is -0.348 e.